The molecule has 5 heteroatoms. The zero-order valence-electron chi connectivity index (χ0n) is 14.9. The molecule has 2 heterocycles. The second-order valence-electron chi connectivity index (χ2n) is 7.63. The van der Waals surface area contributed by atoms with Gasteiger partial charge in [-0.15, -0.1) is 0 Å². The van der Waals surface area contributed by atoms with Crippen LogP contribution in [0.5, 0.6) is 5.75 Å². The summed E-state index contributed by atoms with van der Waals surface area (Å²) in [5.74, 6) is 0.383. The Morgan fingerprint density at radius 1 is 1.19 bits per heavy atom. The first-order valence-corrected chi connectivity index (χ1v) is 9.00. The van der Waals surface area contributed by atoms with Crippen molar-refractivity contribution in [2.45, 2.75) is 37.3 Å². The van der Waals surface area contributed by atoms with Gasteiger partial charge in [-0.25, -0.2) is 0 Å². The Kier molecular flexibility index (Phi) is 2.89. The van der Waals surface area contributed by atoms with E-state index >= 15 is 0 Å². The zero-order valence-corrected chi connectivity index (χ0v) is 14.9. The summed E-state index contributed by atoms with van der Waals surface area (Å²) in [5, 5.41) is 11.6. The number of rotatable bonds is 1. The van der Waals surface area contributed by atoms with Crippen LogP contribution in [-0.2, 0) is 5.41 Å². The SMILES string of the molecule is CN1c2ccccc2C2(C)CCCC3=Cc4cccc([N+](=O)[O-])c4OC312. The highest BCUT2D eigenvalue weighted by Gasteiger charge is 2.65. The van der Waals surface area contributed by atoms with Crippen molar-refractivity contribution in [1.29, 1.82) is 0 Å². The average molecular weight is 348 g/mol. The fraction of sp³-hybridized carbons (Fsp3) is 0.333. The maximum absolute atomic E-state index is 11.6. The van der Waals surface area contributed by atoms with Gasteiger partial charge in [0.1, 0.15) is 0 Å². The lowest BCUT2D eigenvalue weighted by atomic mass is 9.64. The molecule has 0 amide bonds. The van der Waals surface area contributed by atoms with Crippen LogP contribution in [0.1, 0.15) is 37.3 Å². The van der Waals surface area contributed by atoms with Crippen LogP contribution < -0.4 is 9.64 Å². The Labute approximate surface area is 152 Å². The van der Waals surface area contributed by atoms with Gasteiger partial charge in [0.05, 0.1) is 10.3 Å². The minimum Gasteiger partial charge on any atom is -0.455 e. The largest absolute Gasteiger partial charge is 0.455 e. The number of benzene rings is 2. The number of nitro benzene ring substituents is 1. The number of hydrogen-bond donors (Lipinski definition) is 0. The van der Waals surface area contributed by atoms with Crippen molar-refractivity contribution in [3.8, 4) is 5.75 Å². The predicted octanol–water partition coefficient (Wildman–Crippen LogP) is 4.66. The molecule has 132 valence electrons. The minimum atomic E-state index is -0.700. The molecular formula is C21H20N2O3. The van der Waals surface area contributed by atoms with Crippen molar-refractivity contribution in [1.82, 2.24) is 0 Å². The van der Waals surface area contributed by atoms with Gasteiger partial charge >= 0.3 is 5.69 Å². The predicted molar refractivity (Wildman–Crippen MR) is 100 cm³/mol. The second-order valence-corrected chi connectivity index (χ2v) is 7.63. The Morgan fingerprint density at radius 3 is 2.81 bits per heavy atom. The summed E-state index contributed by atoms with van der Waals surface area (Å²) < 4.78 is 6.65. The van der Waals surface area contributed by atoms with E-state index in [1.807, 2.05) is 19.2 Å². The fourth-order valence-electron chi connectivity index (χ4n) is 5.29. The van der Waals surface area contributed by atoms with Crippen LogP contribution in [0, 0.1) is 10.1 Å². The van der Waals surface area contributed by atoms with Gasteiger partial charge in [-0.05, 0) is 49.5 Å². The van der Waals surface area contributed by atoms with Gasteiger partial charge in [-0.1, -0.05) is 30.3 Å². The smallest absolute Gasteiger partial charge is 0.311 e. The van der Waals surface area contributed by atoms with E-state index in [9.17, 15) is 10.1 Å². The Bertz CT molecular complexity index is 983. The van der Waals surface area contributed by atoms with Crippen molar-refractivity contribution in [2.24, 2.45) is 0 Å². The van der Waals surface area contributed by atoms with E-state index in [1.165, 1.54) is 17.2 Å². The molecule has 2 aromatic carbocycles. The summed E-state index contributed by atoms with van der Waals surface area (Å²) in [4.78, 5) is 13.4. The quantitative estimate of drug-likeness (QED) is 0.556. The van der Waals surface area contributed by atoms with E-state index < -0.39 is 5.72 Å². The van der Waals surface area contributed by atoms with Gasteiger partial charge in [0.25, 0.3) is 0 Å². The molecule has 0 aromatic heterocycles. The molecule has 0 saturated heterocycles. The van der Waals surface area contributed by atoms with E-state index in [-0.39, 0.29) is 16.0 Å². The van der Waals surface area contributed by atoms with Crippen LogP contribution in [0.15, 0.2) is 48.0 Å². The number of likely N-dealkylation sites (N-methyl/N-ethyl adjacent to an activating group) is 1. The van der Waals surface area contributed by atoms with Crippen LogP contribution in [-0.4, -0.2) is 17.7 Å². The standard InChI is InChI=1S/C21H20N2O3/c1-20-12-6-8-15-13-14-7-5-11-18(23(24)25)19(14)26-21(15,20)22(2)17-10-4-3-9-16(17)20/h3-5,7,9-11,13H,6,8,12H2,1-2H3. The number of ether oxygens (including phenoxy) is 1. The van der Waals surface area contributed by atoms with Crippen LogP contribution in [0.3, 0.4) is 0 Å². The topological polar surface area (TPSA) is 55.6 Å². The van der Waals surface area contributed by atoms with Crippen molar-refractivity contribution < 1.29 is 9.66 Å². The third-order valence-electron chi connectivity index (χ3n) is 6.44. The molecular weight excluding hydrogens is 328 g/mol. The molecule has 2 unspecified atom stereocenters. The first kappa shape index (κ1) is 15.4. The normalized spacial score (nSPS) is 28.2. The third-order valence-corrected chi connectivity index (χ3v) is 6.44. The molecule has 1 saturated carbocycles. The van der Waals surface area contributed by atoms with Gasteiger partial charge in [0.2, 0.25) is 11.5 Å². The third kappa shape index (κ3) is 1.61. The Balaban J connectivity index is 1.80. The Hall–Kier alpha value is -2.82. The number of nitro groups is 1. The Morgan fingerprint density at radius 2 is 2.00 bits per heavy atom. The molecule has 1 aliphatic carbocycles. The van der Waals surface area contributed by atoms with Gasteiger partial charge in [-0.2, -0.15) is 0 Å². The van der Waals surface area contributed by atoms with Gasteiger partial charge < -0.3 is 9.64 Å². The van der Waals surface area contributed by atoms with Gasteiger partial charge in [0.15, 0.2) is 0 Å². The number of anilines is 1. The second kappa shape index (κ2) is 4.87. The first-order valence-electron chi connectivity index (χ1n) is 9.00. The lowest BCUT2D eigenvalue weighted by molar-refractivity contribution is -0.386. The van der Waals surface area contributed by atoms with E-state index in [1.54, 1.807) is 6.07 Å². The monoisotopic (exact) mass is 348 g/mol. The van der Waals surface area contributed by atoms with Gasteiger partial charge in [-0.3, -0.25) is 10.1 Å². The highest BCUT2D eigenvalue weighted by Crippen LogP contribution is 2.62. The molecule has 26 heavy (non-hydrogen) atoms. The average Bonchev–Trinajstić information content (AvgIpc) is 2.84. The summed E-state index contributed by atoms with van der Waals surface area (Å²) in [6.07, 6.45) is 5.13. The van der Waals surface area contributed by atoms with Crippen molar-refractivity contribution in [2.75, 3.05) is 11.9 Å². The van der Waals surface area contributed by atoms with Crippen LogP contribution >= 0.6 is 0 Å². The van der Waals surface area contributed by atoms with E-state index in [4.69, 9.17) is 4.74 Å². The maximum Gasteiger partial charge on any atom is 0.311 e. The highest BCUT2D eigenvalue weighted by atomic mass is 16.6. The lowest BCUT2D eigenvalue weighted by Gasteiger charge is -2.53. The fourth-order valence-corrected chi connectivity index (χ4v) is 5.29. The number of fused-ring (bicyclic) bond motifs is 3. The molecule has 1 spiro atoms. The molecule has 1 fully saturated rings. The summed E-state index contributed by atoms with van der Waals surface area (Å²) >= 11 is 0. The summed E-state index contributed by atoms with van der Waals surface area (Å²) in [6.45, 7) is 2.24. The molecule has 0 bridgehead atoms. The van der Waals surface area contributed by atoms with Gasteiger partial charge in [0, 0.05) is 24.4 Å². The summed E-state index contributed by atoms with van der Waals surface area (Å²) in [5.41, 5.74) is 3.49. The highest BCUT2D eigenvalue weighted by molar-refractivity contribution is 5.77. The maximum atomic E-state index is 11.6. The van der Waals surface area contributed by atoms with E-state index in [2.05, 4.69) is 36.1 Å². The van der Waals surface area contributed by atoms with E-state index in [0.717, 1.165) is 30.5 Å². The van der Waals surface area contributed by atoms with E-state index in [0.29, 0.717) is 5.75 Å². The number of para-hydroxylation sites is 2. The summed E-state index contributed by atoms with van der Waals surface area (Å²) in [6, 6.07) is 13.5. The number of nitrogens with zero attached hydrogens (tertiary/aromatic N) is 2. The molecule has 2 aromatic rings. The summed E-state index contributed by atoms with van der Waals surface area (Å²) in [7, 11) is 2.04. The number of hydrogen-bond acceptors (Lipinski definition) is 4. The van der Waals surface area contributed by atoms with Crippen molar-refractivity contribution in [3.63, 3.8) is 0 Å². The van der Waals surface area contributed by atoms with Crippen LogP contribution in [0.4, 0.5) is 11.4 Å². The molecule has 2 aliphatic heterocycles. The minimum absolute atomic E-state index is 0.0319. The first-order chi connectivity index (χ1) is 12.5. The molecule has 5 nitrogen and oxygen atoms in total. The van der Waals surface area contributed by atoms with Crippen molar-refractivity contribution in [3.05, 3.63) is 69.3 Å². The zero-order chi connectivity index (χ0) is 18.1. The van der Waals surface area contributed by atoms with Crippen molar-refractivity contribution >= 4 is 17.5 Å². The molecule has 0 radical (unpaired) electrons. The lowest BCUT2D eigenvalue weighted by Crippen LogP contribution is -2.63. The molecule has 3 aliphatic rings. The molecule has 5 rings (SSSR count). The van der Waals surface area contributed by atoms with Crippen LogP contribution in [0.25, 0.3) is 6.08 Å². The molecule has 2 atom stereocenters. The van der Waals surface area contributed by atoms with Crippen LogP contribution in [0.2, 0.25) is 0 Å². The molecule has 0 N–H and O–H groups in total.